The third kappa shape index (κ3) is 1.94. The van der Waals surface area contributed by atoms with Gasteiger partial charge in [0.2, 0.25) is 0 Å². The van der Waals surface area contributed by atoms with Gasteiger partial charge in [-0.25, -0.2) is 13.2 Å². The molecule has 0 aromatic carbocycles. The first-order chi connectivity index (χ1) is 5.61. The van der Waals surface area contributed by atoms with Crippen molar-refractivity contribution < 1.29 is 13.2 Å². The molecule has 0 radical (unpaired) electrons. The zero-order valence-electron chi connectivity index (χ0n) is 6.05. The first-order valence-electron chi connectivity index (χ1n) is 3.26. The lowest BCUT2D eigenvalue weighted by Gasteiger charge is -2.08. The molecule has 0 amide bonds. The molecule has 0 saturated carbocycles. The molecule has 2 N–H and O–H groups in total. The van der Waals surface area contributed by atoms with Crippen molar-refractivity contribution in [3.05, 3.63) is 29.8 Å². The van der Waals surface area contributed by atoms with Crippen LogP contribution < -0.4 is 5.73 Å². The van der Waals surface area contributed by atoms with Crippen molar-refractivity contribution in [3.8, 4) is 0 Å². The number of aromatic nitrogens is 1. The van der Waals surface area contributed by atoms with Gasteiger partial charge in [0, 0.05) is 6.20 Å². The van der Waals surface area contributed by atoms with E-state index in [1.165, 1.54) is 0 Å². The molecule has 66 valence electrons. The smallest absolute Gasteiger partial charge is 0.259 e. The topological polar surface area (TPSA) is 38.9 Å². The van der Waals surface area contributed by atoms with E-state index in [-0.39, 0.29) is 5.69 Å². The lowest BCUT2D eigenvalue weighted by molar-refractivity contribution is 0.114. The summed E-state index contributed by atoms with van der Waals surface area (Å²) in [6.07, 6.45) is -1.62. The number of nitrogens with zero attached hydrogens (tertiary/aromatic N) is 1. The van der Waals surface area contributed by atoms with Crippen molar-refractivity contribution in [1.29, 1.82) is 0 Å². The van der Waals surface area contributed by atoms with Gasteiger partial charge in [-0.3, -0.25) is 4.98 Å². The van der Waals surface area contributed by atoms with E-state index < -0.39 is 18.3 Å². The molecule has 12 heavy (non-hydrogen) atoms. The van der Waals surface area contributed by atoms with Crippen molar-refractivity contribution in [2.24, 2.45) is 5.73 Å². The molecule has 0 spiro atoms. The van der Waals surface area contributed by atoms with Crippen molar-refractivity contribution in [1.82, 2.24) is 4.98 Å². The van der Waals surface area contributed by atoms with Gasteiger partial charge >= 0.3 is 0 Å². The van der Waals surface area contributed by atoms with E-state index in [0.717, 1.165) is 18.3 Å². The van der Waals surface area contributed by atoms with Crippen molar-refractivity contribution in [2.75, 3.05) is 0 Å². The van der Waals surface area contributed by atoms with Crippen molar-refractivity contribution >= 4 is 0 Å². The number of alkyl halides is 2. The molecule has 0 aliphatic carbocycles. The summed E-state index contributed by atoms with van der Waals surface area (Å²) in [5.74, 6) is -0.615. The fourth-order valence-corrected chi connectivity index (χ4v) is 0.733. The Bertz CT molecular complexity index is 265. The normalized spacial score (nSPS) is 13.4. The van der Waals surface area contributed by atoms with Crippen LogP contribution >= 0.6 is 0 Å². The molecule has 1 unspecified atom stereocenters. The Morgan fingerprint density at radius 1 is 1.42 bits per heavy atom. The van der Waals surface area contributed by atoms with Crippen molar-refractivity contribution in [3.63, 3.8) is 0 Å². The Hall–Kier alpha value is -1.10. The minimum atomic E-state index is -2.72. The van der Waals surface area contributed by atoms with Crippen LogP contribution in [0.1, 0.15) is 11.7 Å². The molecule has 0 aliphatic heterocycles. The molecule has 2 nitrogen and oxygen atoms in total. The lowest BCUT2D eigenvalue weighted by atomic mass is 10.2. The predicted octanol–water partition coefficient (Wildman–Crippen LogP) is 1.49. The Kier molecular flexibility index (Phi) is 2.65. The molecule has 0 fully saturated rings. The number of pyridine rings is 1. The Labute approximate surface area is 67.2 Å². The van der Waals surface area contributed by atoms with E-state index in [4.69, 9.17) is 5.73 Å². The highest BCUT2D eigenvalue weighted by atomic mass is 19.3. The second-order valence-electron chi connectivity index (χ2n) is 2.26. The maximum atomic E-state index is 12.5. The summed E-state index contributed by atoms with van der Waals surface area (Å²) >= 11 is 0. The summed E-state index contributed by atoms with van der Waals surface area (Å²) in [4.78, 5) is 3.52. The van der Waals surface area contributed by atoms with Crippen molar-refractivity contribution in [2.45, 2.75) is 12.5 Å². The van der Waals surface area contributed by atoms with E-state index >= 15 is 0 Å². The fourth-order valence-electron chi connectivity index (χ4n) is 0.733. The van der Waals surface area contributed by atoms with Gasteiger partial charge in [0.05, 0.1) is 5.69 Å². The van der Waals surface area contributed by atoms with E-state index in [1.54, 1.807) is 0 Å². The van der Waals surface area contributed by atoms with Crippen LogP contribution in [0.2, 0.25) is 0 Å². The third-order valence-electron chi connectivity index (χ3n) is 1.36. The first kappa shape index (κ1) is 8.99. The summed E-state index contributed by atoms with van der Waals surface area (Å²) in [6, 6.07) is 0.458. The second kappa shape index (κ2) is 3.53. The monoisotopic (exact) mass is 176 g/mol. The minimum Gasteiger partial charge on any atom is -0.318 e. The lowest BCUT2D eigenvalue weighted by Crippen LogP contribution is -2.20. The minimum absolute atomic E-state index is 0.134. The number of hydrogen-bond acceptors (Lipinski definition) is 2. The molecular weight excluding hydrogens is 169 g/mol. The zero-order valence-corrected chi connectivity index (χ0v) is 6.05. The van der Waals surface area contributed by atoms with Crippen LogP contribution in [0.5, 0.6) is 0 Å². The maximum absolute atomic E-state index is 12.5. The quantitative estimate of drug-likeness (QED) is 0.741. The standard InChI is InChI=1S/C7H7F3N2/c8-4-1-2-12-5(3-4)6(11)7(9)10/h1-3,6-7H,11H2. The van der Waals surface area contributed by atoms with Crippen LogP contribution in [-0.4, -0.2) is 11.4 Å². The fraction of sp³-hybridized carbons (Fsp3) is 0.286. The summed E-state index contributed by atoms with van der Waals surface area (Å²) in [6.45, 7) is 0. The van der Waals surface area contributed by atoms with Gasteiger partial charge in [-0.1, -0.05) is 0 Å². The zero-order chi connectivity index (χ0) is 9.14. The summed E-state index contributed by atoms with van der Waals surface area (Å²) in [5, 5.41) is 0. The highest BCUT2D eigenvalue weighted by Crippen LogP contribution is 2.15. The summed E-state index contributed by atoms with van der Waals surface area (Å²) in [7, 11) is 0. The molecule has 5 heteroatoms. The van der Waals surface area contributed by atoms with Crippen LogP contribution in [-0.2, 0) is 0 Å². The van der Waals surface area contributed by atoms with Crippen LogP contribution in [0, 0.1) is 5.82 Å². The van der Waals surface area contributed by atoms with Gasteiger partial charge in [-0.15, -0.1) is 0 Å². The van der Waals surface area contributed by atoms with E-state index in [2.05, 4.69) is 4.98 Å². The summed E-state index contributed by atoms with van der Waals surface area (Å²) in [5.41, 5.74) is 4.89. The van der Waals surface area contributed by atoms with Crippen LogP contribution in [0.4, 0.5) is 13.2 Å². The summed E-state index contributed by atoms with van der Waals surface area (Å²) < 4.78 is 36.4. The molecule has 0 bridgehead atoms. The molecule has 1 atom stereocenters. The Morgan fingerprint density at radius 2 is 2.08 bits per heavy atom. The van der Waals surface area contributed by atoms with Crippen LogP contribution in [0.15, 0.2) is 18.3 Å². The molecular formula is C7H7F3N2. The number of nitrogens with two attached hydrogens (primary N) is 1. The molecule has 1 heterocycles. The largest absolute Gasteiger partial charge is 0.318 e. The van der Waals surface area contributed by atoms with E-state index in [1.807, 2.05) is 0 Å². The average Bonchev–Trinajstić information content (AvgIpc) is 2.03. The molecule has 1 rings (SSSR count). The highest BCUT2D eigenvalue weighted by Gasteiger charge is 2.18. The SMILES string of the molecule is NC(c1cc(F)ccn1)C(F)F. The van der Waals surface area contributed by atoms with E-state index in [9.17, 15) is 13.2 Å². The van der Waals surface area contributed by atoms with E-state index in [0.29, 0.717) is 0 Å². The Balaban J connectivity index is 2.88. The third-order valence-corrected chi connectivity index (χ3v) is 1.36. The van der Waals surface area contributed by atoms with Gasteiger partial charge in [0.25, 0.3) is 6.43 Å². The molecule has 1 aromatic rings. The molecule has 0 saturated heterocycles. The second-order valence-corrected chi connectivity index (χ2v) is 2.26. The maximum Gasteiger partial charge on any atom is 0.259 e. The van der Waals surface area contributed by atoms with Crippen LogP contribution in [0.3, 0.4) is 0 Å². The number of hydrogen-bond donors (Lipinski definition) is 1. The van der Waals surface area contributed by atoms with Gasteiger partial charge in [0.15, 0.2) is 0 Å². The van der Waals surface area contributed by atoms with Gasteiger partial charge in [0.1, 0.15) is 11.9 Å². The molecule has 0 aliphatic rings. The Morgan fingerprint density at radius 3 is 2.58 bits per heavy atom. The van der Waals surface area contributed by atoms with Crippen LogP contribution in [0.25, 0.3) is 0 Å². The average molecular weight is 176 g/mol. The highest BCUT2D eigenvalue weighted by molar-refractivity contribution is 5.10. The van der Waals surface area contributed by atoms with Gasteiger partial charge < -0.3 is 5.73 Å². The molecule has 1 aromatic heterocycles. The first-order valence-corrected chi connectivity index (χ1v) is 3.26. The number of rotatable bonds is 2. The predicted molar refractivity (Wildman–Crippen MR) is 37.1 cm³/mol. The van der Waals surface area contributed by atoms with Gasteiger partial charge in [-0.2, -0.15) is 0 Å². The van der Waals surface area contributed by atoms with Gasteiger partial charge in [-0.05, 0) is 12.1 Å². The number of halogens is 3.